The first-order valence-electron chi connectivity index (χ1n) is 10.2. The van der Waals surface area contributed by atoms with Crippen LogP contribution < -0.4 is 0 Å². The summed E-state index contributed by atoms with van der Waals surface area (Å²) in [6, 6.07) is 16.7. The molecule has 1 aliphatic heterocycles. The highest BCUT2D eigenvalue weighted by atomic mass is 35.5. The van der Waals surface area contributed by atoms with Crippen LogP contribution in [0.3, 0.4) is 0 Å². The smallest absolute Gasteiger partial charge is 0.295 e. The number of hydrogen-bond donors (Lipinski definition) is 2. The van der Waals surface area contributed by atoms with Gasteiger partial charge in [0.1, 0.15) is 11.5 Å². The summed E-state index contributed by atoms with van der Waals surface area (Å²) in [6.45, 7) is 0.816. The molecule has 1 saturated heterocycles. The van der Waals surface area contributed by atoms with Crippen LogP contribution in [0.1, 0.15) is 17.2 Å². The molecule has 1 heterocycles. The van der Waals surface area contributed by atoms with Crippen LogP contribution in [0, 0.1) is 0 Å². The number of phenols is 1. The van der Waals surface area contributed by atoms with E-state index in [9.17, 15) is 19.8 Å². The number of aromatic hydroxyl groups is 1. The third-order valence-corrected chi connectivity index (χ3v) is 5.96. The van der Waals surface area contributed by atoms with Crippen molar-refractivity contribution in [2.45, 2.75) is 6.04 Å². The van der Waals surface area contributed by atoms with Gasteiger partial charge in [-0.05, 0) is 42.6 Å². The Balaban J connectivity index is 1.93. The number of Topliss-reactive ketones (excluding diaryl/α,β-unsaturated/α-hetero) is 1. The molecule has 1 amide bonds. The number of ketones is 1. The van der Waals surface area contributed by atoms with Gasteiger partial charge in [-0.2, -0.15) is 0 Å². The number of likely N-dealkylation sites (tertiary alicyclic amines) is 1. The molecule has 164 valence electrons. The van der Waals surface area contributed by atoms with Crippen LogP contribution in [-0.2, 0) is 9.59 Å². The van der Waals surface area contributed by atoms with Crippen LogP contribution in [0.2, 0.25) is 5.02 Å². The van der Waals surface area contributed by atoms with E-state index in [1.165, 1.54) is 17.0 Å². The van der Waals surface area contributed by atoms with E-state index in [0.29, 0.717) is 17.7 Å². The lowest BCUT2D eigenvalue weighted by Gasteiger charge is -2.27. The first-order valence-corrected chi connectivity index (χ1v) is 10.6. The van der Waals surface area contributed by atoms with Crippen molar-refractivity contribution in [2.75, 3.05) is 27.2 Å². The summed E-state index contributed by atoms with van der Waals surface area (Å²) < 4.78 is 0. The topological polar surface area (TPSA) is 81.1 Å². The highest BCUT2D eigenvalue weighted by Gasteiger charge is 2.46. The number of fused-ring (bicyclic) bond motifs is 1. The number of halogens is 1. The number of hydrogen-bond acceptors (Lipinski definition) is 5. The highest BCUT2D eigenvalue weighted by Crippen LogP contribution is 2.41. The van der Waals surface area contributed by atoms with Gasteiger partial charge in [0.05, 0.1) is 16.6 Å². The number of benzene rings is 3. The van der Waals surface area contributed by atoms with Crippen molar-refractivity contribution in [3.8, 4) is 5.75 Å². The van der Waals surface area contributed by atoms with Gasteiger partial charge in [-0.25, -0.2) is 0 Å². The summed E-state index contributed by atoms with van der Waals surface area (Å²) in [5.41, 5.74) is 1.02. The number of likely N-dealkylation sites (N-methyl/N-ethyl adjacent to an activating group) is 1. The summed E-state index contributed by atoms with van der Waals surface area (Å²) in [4.78, 5) is 29.5. The summed E-state index contributed by atoms with van der Waals surface area (Å²) >= 11 is 6.14. The molecule has 32 heavy (non-hydrogen) atoms. The standard InChI is InChI=1S/C25H23ClN2O4/c1-27(2)12-13-28-22(16-10-11-20(29)19(26)14-16)21(24(31)25(28)32)23(30)18-9-5-7-15-6-3-4-8-17(15)18/h3-11,14,22,29-30H,12-13H2,1-2H3/b23-21-. The fraction of sp³-hybridized carbons (Fsp3) is 0.200. The van der Waals surface area contributed by atoms with Gasteiger partial charge in [-0.1, -0.05) is 60.1 Å². The molecule has 0 aromatic heterocycles. The summed E-state index contributed by atoms with van der Waals surface area (Å²) in [7, 11) is 3.75. The average molecular weight is 451 g/mol. The highest BCUT2D eigenvalue weighted by molar-refractivity contribution is 6.46. The second kappa shape index (κ2) is 8.65. The molecule has 0 radical (unpaired) electrons. The largest absolute Gasteiger partial charge is 0.507 e. The Kier molecular flexibility index (Phi) is 5.91. The van der Waals surface area contributed by atoms with Gasteiger partial charge in [0.2, 0.25) is 0 Å². The van der Waals surface area contributed by atoms with Crippen LogP contribution in [0.5, 0.6) is 5.75 Å². The molecule has 6 nitrogen and oxygen atoms in total. The minimum atomic E-state index is -0.827. The van der Waals surface area contributed by atoms with Crippen LogP contribution >= 0.6 is 11.6 Å². The number of nitrogens with zero attached hydrogens (tertiary/aromatic N) is 2. The molecule has 3 aromatic rings. The number of carbonyl (C=O) groups is 2. The molecule has 0 aliphatic carbocycles. The minimum Gasteiger partial charge on any atom is -0.507 e. The first-order chi connectivity index (χ1) is 15.3. The second-order valence-corrected chi connectivity index (χ2v) is 8.44. The zero-order valence-corrected chi connectivity index (χ0v) is 18.5. The van der Waals surface area contributed by atoms with Gasteiger partial charge < -0.3 is 20.0 Å². The van der Waals surface area contributed by atoms with E-state index in [1.54, 1.807) is 18.2 Å². The van der Waals surface area contributed by atoms with Crippen molar-refractivity contribution in [3.63, 3.8) is 0 Å². The fourth-order valence-electron chi connectivity index (χ4n) is 4.04. The van der Waals surface area contributed by atoms with E-state index in [1.807, 2.05) is 49.3 Å². The molecule has 3 aromatic carbocycles. The summed E-state index contributed by atoms with van der Waals surface area (Å²) in [5, 5.41) is 23.0. The maximum absolute atomic E-state index is 13.1. The maximum Gasteiger partial charge on any atom is 0.295 e. The Bertz CT molecular complexity index is 1250. The Hall–Kier alpha value is -3.35. The number of aliphatic hydroxyl groups excluding tert-OH is 1. The first kappa shape index (κ1) is 21.9. The molecule has 1 fully saturated rings. The zero-order valence-electron chi connectivity index (χ0n) is 17.7. The molecule has 1 atom stereocenters. The van der Waals surface area contributed by atoms with Gasteiger partial charge in [-0.15, -0.1) is 0 Å². The summed E-state index contributed by atoms with van der Waals surface area (Å²) in [6.07, 6.45) is 0. The van der Waals surface area contributed by atoms with Crippen molar-refractivity contribution >= 4 is 39.8 Å². The van der Waals surface area contributed by atoms with E-state index >= 15 is 0 Å². The normalized spacial score (nSPS) is 18.1. The third-order valence-electron chi connectivity index (χ3n) is 5.66. The number of carbonyl (C=O) groups excluding carboxylic acids is 2. The lowest BCUT2D eigenvalue weighted by atomic mass is 9.93. The van der Waals surface area contributed by atoms with Crippen molar-refractivity contribution in [1.82, 2.24) is 9.80 Å². The van der Waals surface area contributed by atoms with Crippen molar-refractivity contribution in [3.05, 3.63) is 82.4 Å². The van der Waals surface area contributed by atoms with Crippen LogP contribution in [0.25, 0.3) is 16.5 Å². The van der Waals surface area contributed by atoms with Crippen molar-refractivity contribution < 1.29 is 19.8 Å². The van der Waals surface area contributed by atoms with Gasteiger partial charge in [0.15, 0.2) is 0 Å². The molecular formula is C25H23ClN2O4. The van der Waals surface area contributed by atoms with E-state index in [2.05, 4.69) is 0 Å². The Labute approximate surface area is 190 Å². The molecular weight excluding hydrogens is 428 g/mol. The molecule has 2 N–H and O–H groups in total. The van der Waals surface area contributed by atoms with Gasteiger partial charge in [-0.3, -0.25) is 9.59 Å². The Morgan fingerprint density at radius 1 is 1.06 bits per heavy atom. The van der Waals surface area contributed by atoms with E-state index < -0.39 is 17.7 Å². The predicted molar refractivity (Wildman–Crippen MR) is 125 cm³/mol. The monoisotopic (exact) mass is 450 g/mol. The van der Waals surface area contributed by atoms with Gasteiger partial charge in [0, 0.05) is 18.7 Å². The van der Waals surface area contributed by atoms with E-state index in [4.69, 9.17) is 11.6 Å². The number of amides is 1. The molecule has 7 heteroatoms. The number of rotatable bonds is 5. The zero-order chi connectivity index (χ0) is 23.0. The fourth-order valence-corrected chi connectivity index (χ4v) is 4.22. The third kappa shape index (κ3) is 3.83. The SMILES string of the molecule is CN(C)CCN1C(=O)C(=O)/C(=C(\O)c2cccc3ccccc23)C1c1ccc(O)c(Cl)c1. The van der Waals surface area contributed by atoms with Crippen molar-refractivity contribution in [2.24, 2.45) is 0 Å². The lowest BCUT2D eigenvalue weighted by molar-refractivity contribution is -0.140. The molecule has 0 saturated carbocycles. The van der Waals surface area contributed by atoms with E-state index in [-0.39, 0.29) is 28.6 Å². The van der Waals surface area contributed by atoms with E-state index in [0.717, 1.165) is 10.8 Å². The second-order valence-electron chi connectivity index (χ2n) is 8.03. The molecule has 0 spiro atoms. The molecule has 1 aliphatic rings. The quantitative estimate of drug-likeness (QED) is 0.346. The van der Waals surface area contributed by atoms with Crippen LogP contribution in [0.4, 0.5) is 0 Å². The number of phenolic OH excluding ortho intramolecular Hbond substituents is 1. The average Bonchev–Trinajstić information content (AvgIpc) is 3.03. The molecule has 4 rings (SSSR count). The Morgan fingerprint density at radius 2 is 1.78 bits per heavy atom. The van der Waals surface area contributed by atoms with Crippen molar-refractivity contribution in [1.29, 1.82) is 0 Å². The lowest BCUT2D eigenvalue weighted by Crippen LogP contribution is -2.35. The van der Waals surface area contributed by atoms with Crippen LogP contribution in [-0.4, -0.2) is 58.9 Å². The Morgan fingerprint density at radius 3 is 2.50 bits per heavy atom. The maximum atomic E-state index is 13.1. The molecule has 0 bridgehead atoms. The summed E-state index contributed by atoms with van der Waals surface area (Å²) in [5.74, 6) is -1.76. The van der Waals surface area contributed by atoms with Gasteiger partial charge in [0.25, 0.3) is 11.7 Å². The number of aliphatic hydroxyl groups is 1. The minimum absolute atomic E-state index is 0.00636. The predicted octanol–water partition coefficient (Wildman–Crippen LogP) is 4.18. The molecule has 1 unspecified atom stereocenters. The van der Waals surface area contributed by atoms with Crippen LogP contribution in [0.15, 0.2) is 66.2 Å². The van der Waals surface area contributed by atoms with Gasteiger partial charge >= 0.3 is 0 Å².